The van der Waals surface area contributed by atoms with Gasteiger partial charge in [-0.3, -0.25) is 0 Å². The Morgan fingerprint density at radius 1 is 1.07 bits per heavy atom. The Hall–Kier alpha value is -1.19. The minimum atomic E-state index is 0.401. The summed E-state index contributed by atoms with van der Waals surface area (Å²) in [5.41, 5.74) is 5.66. The lowest BCUT2D eigenvalue weighted by atomic mass is 10.3. The molecule has 4 heteroatoms. The number of rotatable bonds is 3. The number of nitrogens with zero attached hydrogens (tertiary/aromatic N) is 3. The summed E-state index contributed by atoms with van der Waals surface area (Å²) in [6.07, 6.45) is 6.07. The fourth-order valence-corrected chi connectivity index (χ4v) is 1.65. The average molecular weight is 190 g/mol. The second-order valence-electron chi connectivity index (χ2n) is 4.39. The summed E-state index contributed by atoms with van der Waals surface area (Å²) in [5.74, 6) is 3.61. The first-order valence-corrected chi connectivity index (χ1v) is 5.31. The van der Waals surface area contributed by atoms with E-state index < -0.39 is 0 Å². The summed E-state index contributed by atoms with van der Waals surface area (Å²) in [6.45, 7) is 0. The van der Waals surface area contributed by atoms with Gasteiger partial charge >= 0.3 is 0 Å². The molecule has 1 heterocycles. The highest BCUT2D eigenvalue weighted by Gasteiger charge is 2.29. The second-order valence-corrected chi connectivity index (χ2v) is 4.39. The SMILES string of the molecule is Nc1nc(CC2CC2)nc(C2CC2)n1. The lowest BCUT2D eigenvalue weighted by Gasteiger charge is -2.02. The van der Waals surface area contributed by atoms with Crippen LogP contribution >= 0.6 is 0 Å². The van der Waals surface area contributed by atoms with Gasteiger partial charge in [-0.05, 0) is 31.6 Å². The third-order valence-corrected chi connectivity index (χ3v) is 2.83. The van der Waals surface area contributed by atoms with E-state index in [1.807, 2.05) is 0 Å². The molecule has 4 nitrogen and oxygen atoms in total. The first-order chi connectivity index (χ1) is 6.81. The maximum Gasteiger partial charge on any atom is 0.223 e. The molecule has 0 unspecified atom stereocenters. The van der Waals surface area contributed by atoms with E-state index in [-0.39, 0.29) is 0 Å². The molecule has 1 aromatic rings. The van der Waals surface area contributed by atoms with E-state index in [1.165, 1.54) is 25.7 Å². The summed E-state index contributed by atoms with van der Waals surface area (Å²) in [7, 11) is 0. The molecule has 0 amide bonds. The van der Waals surface area contributed by atoms with E-state index in [0.717, 1.165) is 24.0 Å². The zero-order chi connectivity index (χ0) is 9.54. The van der Waals surface area contributed by atoms with E-state index in [2.05, 4.69) is 15.0 Å². The van der Waals surface area contributed by atoms with Crippen molar-refractivity contribution in [3.63, 3.8) is 0 Å². The van der Waals surface area contributed by atoms with Crippen LogP contribution in [-0.2, 0) is 6.42 Å². The van der Waals surface area contributed by atoms with Crippen molar-refractivity contribution < 1.29 is 0 Å². The number of aromatic nitrogens is 3. The van der Waals surface area contributed by atoms with Crippen LogP contribution < -0.4 is 5.73 Å². The number of hydrogen-bond donors (Lipinski definition) is 1. The van der Waals surface area contributed by atoms with Crippen molar-refractivity contribution in [3.8, 4) is 0 Å². The Kier molecular flexibility index (Phi) is 1.69. The average Bonchev–Trinajstić information content (AvgIpc) is 2.99. The largest absolute Gasteiger partial charge is 0.368 e. The van der Waals surface area contributed by atoms with Crippen molar-refractivity contribution in [3.05, 3.63) is 11.6 Å². The fraction of sp³-hybridized carbons (Fsp3) is 0.700. The lowest BCUT2D eigenvalue weighted by molar-refractivity contribution is 0.739. The van der Waals surface area contributed by atoms with Crippen molar-refractivity contribution in [2.45, 2.75) is 38.0 Å². The van der Waals surface area contributed by atoms with E-state index in [9.17, 15) is 0 Å². The van der Waals surface area contributed by atoms with E-state index in [4.69, 9.17) is 5.73 Å². The third kappa shape index (κ3) is 1.69. The van der Waals surface area contributed by atoms with Crippen LogP contribution in [0.25, 0.3) is 0 Å². The van der Waals surface area contributed by atoms with Crippen LogP contribution in [0, 0.1) is 5.92 Å². The van der Waals surface area contributed by atoms with Crippen LogP contribution in [0.2, 0.25) is 0 Å². The molecule has 0 saturated heterocycles. The molecule has 74 valence electrons. The van der Waals surface area contributed by atoms with Gasteiger partial charge < -0.3 is 5.73 Å². The van der Waals surface area contributed by atoms with Crippen molar-refractivity contribution in [2.24, 2.45) is 5.92 Å². The van der Waals surface area contributed by atoms with Gasteiger partial charge in [0.25, 0.3) is 0 Å². The summed E-state index contributed by atoms with van der Waals surface area (Å²) in [6, 6.07) is 0. The van der Waals surface area contributed by atoms with Crippen LogP contribution in [0.4, 0.5) is 5.95 Å². The quantitative estimate of drug-likeness (QED) is 0.779. The van der Waals surface area contributed by atoms with Crippen molar-refractivity contribution in [1.29, 1.82) is 0 Å². The van der Waals surface area contributed by atoms with Crippen molar-refractivity contribution in [2.75, 3.05) is 5.73 Å². The molecule has 2 aliphatic rings. The lowest BCUT2D eigenvalue weighted by Crippen LogP contribution is -2.07. The molecular weight excluding hydrogens is 176 g/mol. The molecule has 0 aliphatic heterocycles. The summed E-state index contributed by atoms with van der Waals surface area (Å²) in [5, 5.41) is 0. The molecule has 0 atom stereocenters. The minimum absolute atomic E-state index is 0.401. The molecule has 0 aromatic carbocycles. The Morgan fingerprint density at radius 3 is 2.50 bits per heavy atom. The maximum absolute atomic E-state index is 5.66. The predicted molar refractivity (Wildman–Crippen MR) is 52.6 cm³/mol. The predicted octanol–water partition coefficient (Wildman–Crippen LogP) is 1.28. The van der Waals surface area contributed by atoms with E-state index in [0.29, 0.717) is 11.9 Å². The van der Waals surface area contributed by atoms with Crippen molar-refractivity contribution in [1.82, 2.24) is 15.0 Å². The van der Waals surface area contributed by atoms with Gasteiger partial charge in [0.2, 0.25) is 5.95 Å². The van der Waals surface area contributed by atoms with Gasteiger partial charge in [-0.2, -0.15) is 9.97 Å². The zero-order valence-electron chi connectivity index (χ0n) is 8.11. The highest BCUT2D eigenvalue weighted by Crippen LogP contribution is 2.38. The molecule has 0 spiro atoms. The van der Waals surface area contributed by atoms with Gasteiger partial charge in [0.1, 0.15) is 11.6 Å². The molecular formula is C10H14N4. The van der Waals surface area contributed by atoms with E-state index >= 15 is 0 Å². The summed E-state index contributed by atoms with van der Waals surface area (Å²) in [4.78, 5) is 12.8. The first-order valence-electron chi connectivity index (χ1n) is 5.31. The zero-order valence-corrected chi connectivity index (χ0v) is 8.11. The summed E-state index contributed by atoms with van der Waals surface area (Å²) >= 11 is 0. The van der Waals surface area contributed by atoms with Gasteiger partial charge in [-0.25, -0.2) is 4.98 Å². The molecule has 2 fully saturated rings. The van der Waals surface area contributed by atoms with Gasteiger partial charge in [0.05, 0.1) is 0 Å². The maximum atomic E-state index is 5.66. The number of nitrogens with two attached hydrogens (primary N) is 1. The monoisotopic (exact) mass is 190 g/mol. The molecule has 0 bridgehead atoms. The first kappa shape index (κ1) is 8.15. The van der Waals surface area contributed by atoms with Gasteiger partial charge in [0, 0.05) is 12.3 Å². The number of nitrogen functional groups attached to an aromatic ring is 1. The molecule has 0 radical (unpaired) electrons. The molecule has 3 rings (SSSR count). The molecule has 2 N–H and O–H groups in total. The van der Waals surface area contributed by atoms with E-state index in [1.54, 1.807) is 0 Å². The molecule has 1 aromatic heterocycles. The molecule has 2 saturated carbocycles. The van der Waals surface area contributed by atoms with Gasteiger partial charge in [0.15, 0.2) is 0 Å². The fourth-order valence-electron chi connectivity index (χ4n) is 1.65. The van der Waals surface area contributed by atoms with Gasteiger partial charge in [-0.1, -0.05) is 0 Å². The minimum Gasteiger partial charge on any atom is -0.368 e. The van der Waals surface area contributed by atoms with Crippen LogP contribution in [0.1, 0.15) is 43.3 Å². The number of anilines is 1. The highest BCUT2D eigenvalue weighted by atomic mass is 15.1. The highest BCUT2D eigenvalue weighted by molar-refractivity contribution is 5.19. The Labute approximate surface area is 83.0 Å². The Balaban J connectivity index is 1.85. The smallest absolute Gasteiger partial charge is 0.223 e. The second kappa shape index (κ2) is 2.90. The van der Waals surface area contributed by atoms with Crippen LogP contribution in [-0.4, -0.2) is 15.0 Å². The van der Waals surface area contributed by atoms with Crippen LogP contribution in [0.15, 0.2) is 0 Å². The molecule has 2 aliphatic carbocycles. The van der Waals surface area contributed by atoms with Gasteiger partial charge in [-0.15, -0.1) is 0 Å². The normalized spacial score (nSPS) is 21.1. The standard InChI is InChI=1S/C10H14N4/c11-10-13-8(5-6-1-2-6)12-9(14-10)7-3-4-7/h6-7H,1-5H2,(H2,11,12,13,14). The third-order valence-electron chi connectivity index (χ3n) is 2.83. The molecule has 14 heavy (non-hydrogen) atoms. The van der Waals surface area contributed by atoms with Crippen LogP contribution in [0.3, 0.4) is 0 Å². The summed E-state index contributed by atoms with van der Waals surface area (Å²) < 4.78 is 0. The van der Waals surface area contributed by atoms with Crippen LogP contribution in [0.5, 0.6) is 0 Å². The number of hydrogen-bond acceptors (Lipinski definition) is 4. The topological polar surface area (TPSA) is 64.7 Å². The Bertz CT molecular complexity index is 355. The Morgan fingerprint density at radius 2 is 1.86 bits per heavy atom. The van der Waals surface area contributed by atoms with Crippen molar-refractivity contribution >= 4 is 5.95 Å².